The van der Waals surface area contributed by atoms with E-state index in [0.29, 0.717) is 18.5 Å². The van der Waals surface area contributed by atoms with E-state index in [-0.39, 0.29) is 23.7 Å². The summed E-state index contributed by atoms with van der Waals surface area (Å²) in [5, 5.41) is 3.20. The van der Waals surface area contributed by atoms with Crippen LogP contribution in [0.2, 0.25) is 0 Å². The highest BCUT2D eigenvalue weighted by molar-refractivity contribution is 6.06. The molecule has 110 valence electrons. The van der Waals surface area contributed by atoms with Gasteiger partial charge in [0.05, 0.1) is 18.5 Å². The fourth-order valence-electron chi connectivity index (χ4n) is 4.47. The first kappa shape index (κ1) is 12.9. The lowest BCUT2D eigenvalue weighted by molar-refractivity contribution is -0.140. The van der Waals surface area contributed by atoms with Gasteiger partial charge in [-0.05, 0) is 50.2 Å². The van der Waals surface area contributed by atoms with E-state index < -0.39 is 0 Å². The summed E-state index contributed by atoms with van der Waals surface area (Å²) in [7, 11) is 0. The van der Waals surface area contributed by atoms with Gasteiger partial charge in [0, 0.05) is 5.69 Å². The van der Waals surface area contributed by atoms with Crippen LogP contribution in [0.3, 0.4) is 0 Å². The molecular formula is C17H20N2O2. The molecule has 2 bridgehead atoms. The molecular weight excluding hydrogens is 264 g/mol. The summed E-state index contributed by atoms with van der Waals surface area (Å²) >= 11 is 0. The van der Waals surface area contributed by atoms with Crippen molar-refractivity contribution in [1.29, 1.82) is 0 Å². The third kappa shape index (κ3) is 1.88. The molecule has 4 nitrogen and oxygen atoms in total. The van der Waals surface area contributed by atoms with E-state index in [9.17, 15) is 9.59 Å². The Labute approximate surface area is 124 Å². The van der Waals surface area contributed by atoms with Gasteiger partial charge in [0.15, 0.2) is 0 Å². The molecule has 1 aromatic carbocycles. The Hall–Kier alpha value is -1.84. The second kappa shape index (κ2) is 4.58. The number of amides is 2. The van der Waals surface area contributed by atoms with Crippen LogP contribution in [0.15, 0.2) is 24.3 Å². The summed E-state index contributed by atoms with van der Waals surface area (Å²) in [5.74, 6) is 0.988. The van der Waals surface area contributed by atoms with Gasteiger partial charge in [-0.1, -0.05) is 17.7 Å². The van der Waals surface area contributed by atoms with Crippen molar-refractivity contribution in [3.05, 3.63) is 29.8 Å². The zero-order chi connectivity index (χ0) is 14.6. The molecule has 4 atom stereocenters. The SMILES string of the molecule is Cc1ccc(NCN2C(=O)[C@@H]3[C@@H]4CC[C@@H](C4)[C@@H]3C2=O)cc1. The van der Waals surface area contributed by atoms with Crippen LogP contribution in [-0.2, 0) is 9.59 Å². The fourth-order valence-corrected chi connectivity index (χ4v) is 4.47. The standard InChI is InChI=1S/C17H20N2O2/c1-10-2-6-13(7-3-10)18-9-19-16(20)14-11-4-5-12(8-11)15(14)17(19)21/h2-3,6-7,11-12,14-15,18H,4-5,8-9H2,1H3/t11-,12+,14-,15+. The van der Waals surface area contributed by atoms with Crippen molar-refractivity contribution in [3.8, 4) is 0 Å². The smallest absolute Gasteiger partial charge is 0.234 e. The van der Waals surface area contributed by atoms with Gasteiger partial charge in [0.2, 0.25) is 11.8 Å². The van der Waals surface area contributed by atoms with Crippen LogP contribution in [0, 0.1) is 30.6 Å². The highest BCUT2D eigenvalue weighted by atomic mass is 16.2. The van der Waals surface area contributed by atoms with Crippen LogP contribution in [0.4, 0.5) is 5.69 Å². The largest absolute Gasteiger partial charge is 0.367 e. The molecule has 1 aromatic rings. The number of carbonyl (C=O) groups excluding carboxylic acids is 2. The maximum atomic E-state index is 12.5. The van der Waals surface area contributed by atoms with Gasteiger partial charge in [-0.2, -0.15) is 0 Å². The van der Waals surface area contributed by atoms with E-state index >= 15 is 0 Å². The Kier molecular flexibility index (Phi) is 2.81. The average molecular weight is 284 g/mol. The van der Waals surface area contributed by atoms with Gasteiger partial charge >= 0.3 is 0 Å². The monoisotopic (exact) mass is 284 g/mol. The number of imide groups is 1. The molecule has 1 saturated heterocycles. The third-order valence-electron chi connectivity index (χ3n) is 5.51. The van der Waals surface area contributed by atoms with E-state index in [2.05, 4.69) is 5.32 Å². The number of aryl methyl sites for hydroxylation is 1. The quantitative estimate of drug-likeness (QED) is 0.867. The Morgan fingerprint density at radius 1 is 1.05 bits per heavy atom. The first-order valence-electron chi connectivity index (χ1n) is 7.81. The van der Waals surface area contributed by atoms with Crippen LogP contribution >= 0.6 is 0 Å². The van der Waals surface area contributed by atoms with Crippen molar-refractivity contribution in [2.45, 2.75) is 26.2 Å². The second-order valence-electron chi connectivity index (χ2n) is 6.69. The van der Waals surface area contributed by atoms with Crippen LogP contribution in [0.5, 0.6) is 0 Å². The lowest BCUT2D eigenvalue weighted by Gasteiger charge is -2.19. The number of likely N-dealkylation sites (tertiary alicyclic amines) is 1. The summed E-state index contributed by atoms with van der Waals surface area (Å²) in [4.78, 5) is 26.5. The van der Waals surface area contributed by atoms with Crippen LogP contribution < -0.4 is 5.32 Å². The molecule has 3 aliphatic rings. The van der Waals surface area contributed by atoms with Crippen molar-refractivity contribution in [2.75, 3.05) is 12.0 Å². The summed E-state index contributed by atoms with van der Waals surface area (Å²) in [6, 6.07) is 7.99. The van der Waals surface area contributed by atoms with Gasteiger partial charge in [-0.15, -0.1) is 0 Å². The summed E-state index contributed by atoms with van der Waals surface area (Å²) < 4.78 is 0. The van der Waals surface area contributed by atoms with Crippen LogP contribution in [0.1, 0.15) is 24.8 Å². The second-order valence-corrected chi connectivity index (χ2v) is 6.69. The highest BCUT2D eigenvalue weighted by Gasteiger charge is 2.60. The van der Waals surface area contributed by atoms with E-state index in [1.165, 1.54) is 10.5 Å². The van der Waals surface area contributed by atoms with Crippen molar-refractivity contribution in [3.63, 3.8) is 0 Å². The molecule has 1 aliphatic heterocycles. The predicted molar refractivity (Wildman–Crippen MR) is 79.3 cm³/mol. The molecule has 0 unspecified atom stereocenters. The predicted octanol–water partition coefficient (Wildman–Crippen LogP) is 2.40. The van der Waals surface area contributed by atoms with Gasteiger partial charge in [0.1, 0.15) is 0 Å². The summed E-state index contributed by atoms with van der Waals surface area (Å²) in [6.45, 7) is 2.33. The first-order valence-corrected chi connectivity index (χ1v) is 7.81. The van der Waals surface area contributed by atoms with Crippen molar-refractivity contribution in [2.24, 2.45) is 23.7 Å². The highest BCUT2D eigenvalue weighted by Crippen LogP contribution is 2.55. The zero-order valence-electron chi connectivity index (χ0n) is 12.2. The van der Waals surface area contributed by atoms with E-state index in [4.69, 9.17) is 0 Å². The molecule has 3 fully saturated rings. The Morgan fingerprint density at radius 3 is 2.19 bits per heavy atom. The Balaban J connectivity index is 1.48. The number of carbonyl (C=O) groups is 2. The molecule has 2 amide bonds. The number of anilines is 1. The number of hydrogen-bond acceptors (Lipinski definition) is 3. The molecule has 4 heteroatoms. The molecule has 4 rings (SSSR count). The minimum absolute atomic E-state index is 0.0175. The first-order chi connectivity index (χ1) is 10.1. The Bertz CT molecular complexity index is 567. The molecule has 21 heavy (non-hydrogen) atoms. The number of benzene rings is 1. The summed E-state index contributed by atoms with van der Waals surface area (Å²) in [5.41, 5.74) is 2.14. The number of fused-ring (bicyclic) bond motifs is 5. The molecule has 0 spiro atoms. The molecule has 0 radical (unpaired) electrons. The minimum atomic E-state index is -0.0175. The topological polar surface area (TPSA) is 49.4 Å². The van der Waals surface area contributed by atoms with Crippen molar-refractivity contribution < 1.29 is 9.59 Å². The van der Waals surface area contributed by atoms with Gasteiger partial charge in [0.25, 0.3) is 0 Å². The maximum Gasteiger partial charge on any atom is 0.234 e. The fraction of sp³-hybridized carbons (Fsp3) is 0.529. The van der Waals surface area contributed by atoms with Crippen molar-refractivity contribution >= 4 is 17.5 Å². The number of nitrogens with one attached hydrogen (secondary N) is 1. The molecule has 0 aromatic heterocycles. The van der Waals surface area contributed by atoms with Gasteiger partial charge in [-0.3, -0.25) is 14.5 Å². The molecule has 1 heterocycles. The number of hydrogen-bond donors (Lipinski definition) is 1. The minimum Gasteiger partial charge on any atom is -0.367 e. The Morgan fingerprint density at radius 2 is 1.62 bits per heavy atom. The van der Waals surface area contributed by atoms with Crippen LogP contribution in [-0.4, -0.2) is 23.4 Å². The van der Waals surface area contributed by atoms with E-state index in [1.807, 2.05) is 31.2 Å². The normalized spacial score (nSPS) is 33.7. The maximum absolute atomic E-state index is 12.5. The van der Waals surface area contributed by atoms with Gasteiger partial charge in [-0.25, -0.2) is 0 Å². The number of rotatable bonds is 3. The number of nitrogens with zero attached hydrogens (tertiary/aromatic N) is 1. The lowest BCUT2D eigenvalue weighted by Crippen LogP contribution is -2.36. The van der Waals surface area contributed by atoms with E-state index in [0.717, 1.165) is 24.9 Å². The van der Waals surface area contributed by atoms with Crippen LogP contribution in [0.25, 0.3) is 0 Å². The van der Waals surface area contributed by atoms with E-state index in [1.54, 1.807) is 0 Å². The lowest BCUT2D eigenvalue weighted by atomic mass is 9.81. The van der Waals surface area contributed by atoms with Gasteiger partial charge < -0.3 is 5.32 Å². The molecule has 2 saturated carbocycles. The summed E-state index contributed by atoms with van der Waals surface area (Å²) in [6.07, 6.45) is 3.35. The molecule has 1 N–H and O–H groups in total. The average Bonchev–Trinajstić information content (AvgIpc) is 3.14. The van der Waals surface area contributed by atoms with Crippen molar-refractivity contribution in [1.82, 2.24) is 4.90 Å². The zero-order valence-corrected chi connectivity index (χ0v) is 12.2. The third-order valence-corrected chi connectivity index (χ3v) is 5.51. The molecule has 2 aliphatic carbocycles.